The molecule has 0 aliphatic heterocycles. The zero-order valence-electron chi connectivity index (χ0n) is 15.1. The van der Waals surface area contributed by atoms with Crippen molar-refractivity contribution in [1.29, 1.82) is 0 Å². The molecule has 2 atom stereocenters. The van der Waals surface area contributed by atoms with E-state index in [4.69, 9.17) is 5.73 Å². The van der Waals surface area contributed by atoms with Crippen LogP contribution in [0.3, 0.4) is 0 Å². The van der Waals surface area contributed by atoms with Gasteiger partial charge in [-0.1, -0.05) is 18.6 Å². The lowest BCUT2D eigenvalue weighted by atomic mass is 9.75. The monoisotopic (exact) mass is 387 g/mol. The second-order valence-corrected chi connectivity index (χ2v) is 7.41. The average molecular weight is 387 g/mol. The lowest BCUT2D eigenvalue weighted by Crippen LogP contribution is -2.22. The average Bonchev–Trinajstić information content (AvgIpc) is 3.07. The van der Waals surface area contributed by atoms with Crippen LogP contribution in [0.25, 0.3) is 10.9 Å². The van der Waals surface area contributed by atoms with E-state index in [9.17, 15) is 18.0 Å². The number of nitrogens with zero attached hydrogens (tertiary/aromatic N) is 1. The number of alkyl halides is 3. The van der Waals surface area contributed by atoms with Crippen LogP contribution in [0.2, 0.25) is 0 Å². The Kier molecular flexibility index (Phi) is 4.61. The summed E-state index contributed by atoms with van der Waals surface area (Å²) in [5, 5.41) is 7.48. The number of fused-ring (bicyclic) bond motifs is 1. The van der Waals surface area contributed by atoms with Crippen molar-refractivity contribution in [1.82, 2.24) is 10.2 Å². The van der Waals surface area contributed by atoms with Gasteiger partial charge in [-0.25, -0.2) is 0 Å². The quantitative estimate of drug-likeness (QED) is 0.598. The van der Waals surface area contributed by atoms with E-state index < -0.39 is 11.7 Å². The van der Waals surface area contributed by atoms with Crippen LogP contribution in [0.4, 0.5) is 19.0 Å². The number of aromatic nitrogens is 2. The fraction of sp³-hybridized carbons (Fsp3) is 0.333. The van der Waals surface area contributed by atoms with Gasteiger partial charge in [-0.15, -0.1) is 0 Å². The van der Waals surface area contributed by atoms with Crippen molar-refractivity contribution in [2.75, 3.05) is 5.73 Å². The first kappa shape index (κ1) is 18.5. The highest BCUT2D eigenvalue weighted by Gasteiger charge is 2.32. The molecule has 28 heavy (non-hydrogen) atoms. The number of hydrogen-bond donors (Lipinski definition) is 2. The smallest absolute Gasteiger partial charge is 0.382 e. The molecule has 1 aromatic heterocycles. The number of carbonyl (C=O) groups is 1. The van der Waals surface area contributed by atoms with E-state index in [1.165, 1.54) is 0 Å². The Morgan fingerprint density at radius 1 is 1.11 bits per heavy atom. The van der Waals surface area contributed by atoms with E-state index in [0.29, 0.717) is 17.8 Å². The molecule has 1 aliphatic rings. The molecule has 1 fully saturated rings. The molecule has 4 rings (SSSR count). The Hall–Kier alpha value is -2.83. The van der Waals surface area contributed by atoms with Gasteiger partial charge in [0.2, 0.25) is 0 Å². The fourth-order valence-electron chi connectivity index (χ4n) is 4.10. The van der Waals surface area contributed by atoms with Gasteiger partial charge in [0.15, 0.2) is 11.6 Å². The standard InChI is InChI=1S/C21H20F3N3O/c22-21(23,24)16-7-4-12(5-8-16)13-2-1-3-14(10-13)19(28)15-6-9-18-17(11-15)20(25)27-26-18/h4-9,11,13-14H,1-3,10H2,(H3,25,26,27)/t13-,14?/m0/s1. The Morgan fingerprint density at radius 2 is 1.86 bits per heavy atom. The Balaban J connectivity index is 1.52. The number of benzene rings is 2. The number of rotatable bonds is 3. The van der Waals surface area contributed by atoms with Gasteiger partial charge in [0, 0.05) is 16.9 Å². The predicted octanol–water partition coefficient (Wildman–Crippen LogP) is 5.32. The van der Waals surface area contributed by atoms with Gasteiger partial charge < -0.3 is 5.73 Å². The zero-order valence-corrected chi connectivity index (χ0v) is 15.1. The number of aromatic amines is 1. The van der Waals surface area contributed by atoms with Crippen LogP contribution in [0.1, 0.15) is 53.1 Å². The molecule has 0 saturated heterocycles. The van der Waals surface area contributed by atoms with E-state index in [1.54, 1.807) is 30.3 Å². The topological polar surface area (TPSA) is 71.8 Å². The number of nitrogens with one attached hydrogen (secondary N) is 1. The summed E-state index contributed by atoms with van der Waals surface area (Å²) in [5.41, 5.74) is 7.42. The molecule has 1 heterocycles. The molecule has 3 N–H and O–H groups in total. The minimum Gasteiger partial charge on any atom is -0.382 e. The van der Waals surface area contributed by atoms with E-state index in [-0.39, 0.29) is 17.6 Å². The van der Waals surface area contributed by atoms with Crippen LogP contribution in [0.15, 0.2) is 42.5 Å². The number of carbonyl (C=O) groups excluding carboxylic acids is 1. The second-order valence-electron chi connectivity index (χ2n) is 7.41. The second kappa shape index (κ2) is 6.96. The van der Waals surface area contributed by atoms with Crippen LogP contribution < -0.4 is 5.73 Å². The van der Waals surface area contributed by atoms with E-state index in [0.717, 1.165) is 47.9 Å². The Labute approximate surface area is 159 Å². The predicted molar refractivity (Wildman–Crippen MR) is 101 cm³/mol. The van der Waals surface area contributed by atoms with Crippen molar-refractivity contribution in [3.63, 3.8) is 0 Å². The molecule has 146 valence electrons. The highest BCUT2D eigenvalue weighted by Crippen LogP contribution is 2.39. The first-order valence-corrected chi connectivity index (χ1v) is 9.28. The number of halogens is 3. The van der Waals surface area contributed by atoms with Gasteiger partial charge in [0.05, 0.1) is 11.1 Å². The van der Waals surface area contributed by atoms with Crippen molar-refractivity contribution in [2.45, 2.75) is 37.8 Å². The lowest BCUT2D eigenvalue weighted by Gasteiger charge is -2.29. The molecular weight excluding hydrogens is 367 g/mol. The van der Waals surface area contributed by atoms with Gasteiger partial charge in [0.25, 0.3) is 0 Å². The molecule has 1 unspecified atom stereocenters. The van der Waals surface area contributed by atoms with Crippen molar-refractivity contribution in [3.05, 3.63) is 59.2 Å². The van der Waals surface area contributed by atoms with Gasteiger partial charge in [-0.05, 0) is 61.1 Å². The Morgan fingerprint density at radius 3 is 2.57 bits per heavy atom. The summed E-state index contributed by atoms with van der Waals surface area (Å²) in [7, 11) is 0. The first-order valence-electron chi connectivity index (χ1n) is 9.28. The number of Topliss-reactive ketones (excluding diaryl/α,β-unsaturated/α-hetero) is 1. The van der Waals surface area contributed by atoms with Crippen LogP contribution in [-0.4, -0.2) is 16.0 Å². The van der Waals surface area contributed by atoms with Crippen LogP contribution in [0.5, 0.6) is 0 Å². The molecule has 4 nitrogen and oxygen atoms in total. The maximum Gasteiger partial charge on any atom is 0.416 e. The van der Waals surface area contributed by atoms with Crippen LogP contribution in [0, 0.1) is 5.92 Å². The van der Waals surface area contributed by atoms with Crippen molar-refractivity contribution >= 4 is 22.5 Å². The summed E-state index contributed by atoms with van der Waals surface area (Å²) >= 11 is 0. The third kappa shape index (κ3) is 3.48. The summed E-state index contributed by atoms with van der Waals surface area (Å²) < 4.78 is 38.3. The number of ketones is 1. The third-order valence-corrected chi connectivity index (χ3v) is 5.63. The van der Waals surface area contributed by atoms with Crippen molar-refractivity contribution in [3.8, 4) is 0 Å². The molecule has 1 aliphatic carbocycles. The Bertz CT molecular complexity index is 1010. The largest absolute Gasteiger partial charge is 0.416 e. The first-order chi connectivity index (χ1) is 13.3. The molecule has 0 bridgehead atoms. The normalized spacial score (nSPS) is 20.4. The van der Waals surface area contributed by atoms with Gasteiger partial charge >= 0.3 is 6.18 Å². The molecule has 3 aromatic rings. The van der Waals surface area contributed by atoms with Crippen LogP contribution >= 0.6 is 0 Å². The molecule has 0 spiro atoms. The SMILES string of the molecule is Nc1n[nH]c2ccc(C(=O)C3CCC[C@H](c4ccc(C(F)(F)F)cc4)C3)cc12. The summed E-state index contributed by atoms with van der Waals surface area (Å²) in [4.78, 5) is 13.0. The van der Waals surface area contributed by atoms with E-state index >= 15 is 0 Å². The minimum atomic E-state index is -4.34. The van der Waals surface area contributed by atoms with Crippen LogP contribution in [-0.2, 0) is 6.18 Å². The van der Waals surface area contributed by atoms with Crippen molar-refractivity contribution in [2.24, 2.45) is 5.92 Å². The summed E-state index contributed by atoms with van der Waals surface area (Å²) in [6.07, 6.45) is -1.16. The van der Waals surface area contributed by atoms with E-state index in [2.05, 4.69) is 10.2 Å². The molecule has 7 heteroatoms. The maximum atomic E-state index is 13.0. The molecule has 0 radical (unpaired) electrons. The number of nitrogen functional groups attached to an aromatic ring is 1. The number of nitrogens with two attached hydrogens (primary N) is 1. The number of anilines is 1. The maximum absolute atomic E-state index is 13.0. The van der Waals surface area contributed by atoms with Crippen molar-refractivity contribution < 1.29 is 18.0 Å². The molecule has 0 amide bonds. The summed E-state index contributed by atoms with van der Waals surface area (Å²) in [5.74, 6) is 0.356. The van der Waals surface area contributed by atoms with Gasteiger partial charge in [0.1, 0.15) is 0 Å². The molecular formula is C21H20F3N3O. The lowest BCUT2D eigenvalue weighted by molar-refractivity contribution is -0.137. The third-order valence-electron chi connectivity index (χ3n) is 5.63. The van der Waals surface area contributed by atoms with Gasteiger partial charge in [-0.2, -0.15) is 18.3 Å². The van der Waals surface area contributed by atoms with Gasteiger partial charge in [-0.3, -0.25) is 9.89 Å². The number of H-pyrrole nitrogens is 1. The summed E-state index contributed by atoms with van der Waals surface area (Å²) in [6.45, 7) is 0. The summed E-state index contributed by atoms with van der Waals surface area (Å²) in [6, 6.07) is 10.6. The molecule has 1 saturated carbocycles. The highest BCUT2D eigenvalue weighted by atomic mass is 19.4. The highest BCUT2D eigenvalue weighted by molar-refractivity contribution is 6.02. The number of hydrogen-bond acceptors (Lipinski definition) is 3. The minimum absolute atomic E-state index is 0.0547. The fourth-order valence-corrected chi connectivity index (χ4v) is 4.10. The zero-order chi connectivity index (χ0) is 19.9. The van der Waals surface area contributed by atoms with E-state index in [1.807, 2.05) is 0 Å². The molecule has 2 aromatic carbocycles.